The molecule has 0 amide bonds. The number of nitrogens with two attached hydrogens (primary N) is 1. The normalized spacial score (nSPS) is 23.8. The molecular weight excluding hydrogens is 284 g/mol. The lowest BCUT2D eigenvalue weighted by Gasteiger charge is -2.08. The zero-order chi connectivity index (χ0) is 14.9. The van der Waals surface area contributed by atoms with Gasteiger partial charge in [0.1, 0.15) is 16.8 Å². The fourth-order valence-electron chi connectivity index (χ4n) is 2.07. The fourth-order valence-corrected chi connectivity index (χ4v) is 2.30. The van der Waals surface area contributed by atoms with Gasteiger partial charge in [-0.3, -0.25) is 9.59 Å². The number of nitrogens with zero attached hydrogens (tertiary/aromatic N) is 3. The van der Waals surface area contributed by atoms with Gasteiger partial charge in [-0.2, -0.15) is 5.26 Å². The van der Waals surface area contributed by atoms with Gasteiger partial charge in [-0.25, -0.2) is 9.97 Å². The molecular formula is C12H11ClN4O3. The summed E-state index contributed by atoms with van der Waals surface area (Å²) in [6, 6.07) is 2.10. The highest BCUT2D eigenvalue weighted by Crippen LogP contribution is 2.60. The number of ether oxygens (including phenoxy) is 1. The third-order valence-electron chi connectivity index (χ3n) is 3.36. The number of carbonyl (C=O) groups is 2. The summed E-state index contributed by atoms with van der Waals surface area (Å²) in [5, 5.41) is 9.18. The highest BCUT2D eigenvalue weighted by molar-refractivity contribution is 6.32. The molecule has 8 heteroatoms. The minimum atomic E-state index is -0.883. The van der Waals surface area contributed by atoms with Crippen molar-refractivity contribution in [2.45, 2.75) is 18.8 Å². The summed E-state index contributed by atoms with van der Waals surface area (Å²) in [6.45, 7) is 0. The number of nitriles is 1. The highest BCUT2D eigenvalue weighted by Gasteiger charge is 2.59. The maximum atomic E-state index is 11.3. The molecule has 0 aromatic carbocycles. The van der Waals surface area contributed by atoms with E-state index in [0.717, 1.165) is 0 Å². The zero-order valence-electron chi connectivity index (χ0n) is 10.6. The number of halogens is 1. The van der Waals surface area contributed by atoms with Gasteiger partial charge in [-0.1, -0.05) is 11.6 Å². The molecule has 2 rings (SSSR count). The van der Waals surface area contributed by atoms with Gasteiger partial charge in [0.25, 0.3) is 0 Å². The highest BCUT2D eigenvalue weighted by atomic mass is 35.5. The van der Waals surface area contributed by atoms with Gasteiger partial charge < -0.3 is 10.5 Å². The summed E-state index contributed by atoms with van der Waals surface area (Å²) in [5.74, 6) is -0.583. The Bertz CT molecular complexity index is 605. The first-order valence-electron chi connectivity index (χ1n) is 5.73. The molecule has 0 aliphatic heterocycles. The van der Waals surface area contributed by atoms with Crippen LogP contribution in [0.15, 0.2) is 0 Å². The molecule has 1 aliphatic rings. The second kappa shape index (κ2) is 5.06. The Morgan fingerprint density at radius 3 is 2.90 bits per heavy atom. The van der Waals surface area contributed by atoms with Crippen LogP contribution >= 0.6 is 11.6 Å². The maximum Gasteiger partial charge on any atom is 0.307 e. The van der Waals surface area contributed by atoms with Crippen molar-refractivity contribution < 1.29 is 14.3 Å². The first-order chi connectivity index (χ1) is 9.47. The van der Waals surface area contributed by atoms with E-state index in [4.69, 9.17) is 17.3 Å². The minimum absolute atomic E-state index is 0.0200. The summed E-state index contributed by atoms with van der Waals surface area (Å²) in [6.07, 6.45) is 0.857. The van der Waals surface area contributed by atoms with E-state index in [9.17, 15) is 14.9 Å². The van der Waals surface area contributed by atoms with Gasteiger partial charge in [0.2, 0.25) is 0 Å². The lowest BCUT2D eigenvalue weighted by Crippen LogP contribution is -2.12. The molecule has 0 saturated heterocycles. The second-order valence-electron chi connectivity index (χ2n) is 4.57. The molecule has 1 fully saturated rings. The van der Waals surface area contributed by atoms with E-state index in [0.29, 0.717) is 12.7 Å². The Hall–Kier alpha value is -2.20. The van der Waals surface area contributed by atoms with E-state index in [1.54, 1.807) is 0 Å². The first-order valence-corrected chi connectivity index (χ1v) is 6.11. The Kier molecular flexibility index (Phi) is 3.59. The molecule has 1 aromatic heterocycles. The van der Waals surface area contributed by atoms with Crippen LogP contribution in [-0.4, -0.2) is 29.3 Å². The quantitative estimate of drug-likeness (QED) is 0.501. The molecule has 0 spiro atoms. The summed E-state index contributed by atoms with van der Waals surface area (Å²) in [4.78, 5) is 30.1. The van der Waals surface area contributed by atoms with Crippen LogP contribution in [0.3, 0.4) is 0 Å². The third-order valence-corrected chi connectivity index (χ3v) is 3.65. The largest absolute Gasteiger partial charge is 0.469 e. The van der Waals surface area contributed by atoms with Crippen LogP contribution in [0.25, 0.3) is 0 Å². The average Bonchev–Trinajstić information content (AvgIpc) is 3.13. The number of esters is 1. The number of nitrogen functional groups attached to an aromatic ring is 1. The summed E-state index contributed by atoms with van der Waals surface area (Å²) in [7, 11) is 1.26. The SMILES string of the molecule is COC(=O)CC1(C#N)CC1c1nc(N)c(C=O)c(Cl)n1. The van der Waals surface area contributed by atoms with Crippen LogP contribution in [0.2, 0.25) is 5.15 Å². The van der Waals surface area contributed by atoms with Gasteiger partial charge >= 0.3 is 5.97 Å². The van der Waals surface area contributed by atoms with Crippen LogP contribution in [0.5, 0.6) is 0 Å². The summed E-state index contributed by atoms with van der Waals surface area (Å²) in [5.41, 5.74) is 4.75. The first kappa shape index (κ1) is 14.2. The van der Waals surface area contributed by atoms with Crippen LogP contribution in [0, 0.1) is 16.7 Å². The number of aldehydes is 1. The Morgan fingerprint density at radius 2 is 2.40 bits per heavy atom. The molecule has 1 saturated carbocycles. The minimum Gasteiger partial charge on any atom is -0.469 e. The number of aromatic nitrogens is 2. The van der Waals surface area contributed by atoms with Crippen molar-refractivity contribution in [1.29, 1.82) is 5.26 Å². The molecule has 2 N–H and O–H groups in total. The monoisotopic (exact) mass is 294 g/mol. The second-order valence-corrected chi connectivity index (χ2v) is 4.92. The summed E-state index contributed by atoms with van der Waals surface area (Å²) < 4.78 is 4.57. The Labute approximate surface area is 119 Å². The van der Waals surface area contributed by atoms with Crippen molar-refractivity contribution in [2.24, 2.45) is 5.41 Å². The van der Waals surface area contributed by atoms with Crippen molar-refractivity contribution in [3.8, 4) is 6.07 Å². The van der Waals surface area contributed by atoms with E-state index in [1.165, 1.54) is 7.11 Å². The number of anilines is 1. The van der Waals surface area contributed by atoms with E-state index in [1.807, 2.05) is 0 Å². The van der Waals surface area contributed by atoms with Crippen LogP contribution in [0.1, 0.15) is 34.9 Å². The van der Waals surface area contributed by atoms with E-state index >= 15 is 0 Å². The fraction of sp³-hybridized carbons (Fsp3) is 0.417. The van der Waals surface area contributed by atoms with Crippen LogP contribution in [0.4, 0.5) is 5.82 Å². The molecule has 20 heavy (non-hydrogen) atoms. The molecule has 1 aliphatic carbocycles. The van der Waals surface area contributed by atoms with Crippen molar-refractivity contribution in [2.75, 3.05) is 12.8 Å². The van der Waals surface area contributed by atoms with E-state index in [2.05, 4.69) is 20.8 Å². The predicted molar refractivity (Wildman–Crippen MR) is 68.9 cm³/mol. The third kappa shape index (κ3) is 2.30. The number of hydrogen-bond acceptors (Lipinski definition) is 7. The maximum absolute atomic E-state index is 11.3. The predicted octanol–water partition coefficient (Wildman–Crippen LogP) is 1.09. The number of methoxy groups -OCH3 is 1. The molecule has 7 nitrogen and oxygen atoms in total. The van der Waals surface area contributed by atoms with Crippen molar-refractivity contribution in [3.63, 3.8) is 0 Å². The lowest BCUT2D eigenvalue weighted by atomic mass is 10.0. The van der Waals surface area contributed by atoms with Gasteiger partial charge in [0.05, 0.1) is 30.6 Å². The van der Waals surface area contributed by atoms with E-state index in [-0.39, 0.29) is 34.7 Å². The van der Waals surface area contributed by atoms with Gasteiger partial charge in [-0.05, 0) is 6.42 Å². The lowest BCUT2D eigenvalue weighted by molar-refractivity contribution is -0.141. The smallest absolute Gasteiger partial charge is 0.307 e. The molecule has 0 bridgehead atoms. The Morgan fingerprint density at radius 1 is 1.70 bits per heavy atom. The number of rotatable bonds is 4. The van der Waals surface area contributed by atoms with E-state index < -0.39 is 11.4 Å². The van der Waals surface area contributed by atoms with Gasteiger partial charge in [0.15, 0.2) is 6.29 Å². The van der Waals surface area contributed by atoms with Crippen LogP contribution in [-0.2, 0) is 9.53 Å². The molecule has 2 atom stereocenters. The number of hydrogen-bond donors (Lipinski definition) is 1. The standard InChI is InChI=1S/C12H11ClN4O3/c1-20-8(19)3-12(5-14)2-7(12)11-16-9(13)6(4-18)10(15)17-11/h4,7H,2-3H2,1H3,(H2,15,16,17). The topological polar surface area (TPSA) is 119 Å². The molecule has 104 valence electrons. The van der Waals surface area contributed by atoms with Gasteiger partial charge in [0, 0.05) is 5.92 Å². The molecule has 2 unspecified atom stereocenters. The summed E-state index contributed by atoms with van der Waals surface area (Å²) >= 11 is 5.84. The van der Waals surface area contributed by atoms with Crippen molar-refractivity contribution in [1.82, 2.24) is 9.97 Å². The van der Waals surface area contributed by atoms with Crippen LogP contribution < -0.4 is 5.73 Å². The Balaban J connectivity index is 2.29. The zero-order valence-corrected chi connectivity index (χ0v) is 11.3. The number of carbonyl (C=O) groups excluding carboxylic acids is 2. The molecule has 1 heterocycles. The van der Waals surface area contributed by atoms with Gasteiger partial charge in [-0.15, -0.1) is 0 Å². The molecule has 1 aromatic rings. The van der Waals surface area contributed by atoms with Crippen molar-refractivity contribution in [3.05, 3.63) is 16.5 Å². The molecule has 0 radical (unpaired) electrons. The van der Waals surface area contributed by atoms with Crippen molar-refractivity contribution >= 4 is 29.7 Å². The average molecular weight is 295 g/mol.